The Hall–Kier alpha value is -1.73. The number of benzene rings is 1. The Kier molecular flexibility index (Phi) is 5.88. The van der Waals surface area contributed by atoms with Crippen molar-refractivity contribution in [1.29, 1.82) is 0 Å². The van der Waals surface area contributed by atoms with Gasteiger partial charge in [-0.15, -0.1) is 0 Å². The molecular formula is C21H30N4O2. The molecule has 4 rings (SSSR count). The van der Waals surface area contributed by atoms with Crippen LogP contribution in [-0.4, -0.2) is 77.2 Å². The highest BCUT2D eigenvalue weighted by atomic mass is 16.5. The molecule has 0 aliphatic carbocycles. The second-order valence-corrected chi connectivity index (χ2v) is 7.89. The minimum atomic E-state index is 0.269. The highest BCUT2D eigenvalue weighted by molar-refractivity contribution is 5.42. The first kappa shape index (κ1) is 18.6. The molecule has 1 aromatic heterocycles. The van der Waals surface area contributed by atoms with E-state index in [4.69, 9.17) is 4.74 Å². The smallest absolute Gasteiger partial charge is 0.0690 e. The molecule has 6 heteroatoms. The molecule has 6 nitrogen and oxygen atoms in total. The highest BCUT2D eigenvalue weighted by Gasteiger charge is 2.34. The van der Waals surface area contributed by atoms with Crippen molar-refractivity contribution in [3.8, 4) is 5.69 Å². The SMILES string of the molecule is Cc1ccc(-n2cccn2)c(CN2C[C@@H](CN3CCOCC3)[C@@H](CO)C2)c1. The number of likely N-dealkylation sites (tertiary alicyclic amines) is 1. The number of hydrogen-bond donors (Lipinski definition) is 1. The van der Waals surface area contributed by atoms with Crippen molar-refractivity contribution < 1.29 is 9.84 Å². The van der Waals surface area contributed by atoms with Gasteiger partial charge in [0.25, 0.3) is 0 Å². The van der Waals surface area contributed by atoms with Gasteiger partial charge < -0.3 is 9.84 Å². The number of aliphatic hydroxyl groups is 1. The fourth-order valence-electron chi connectivity index (χ4n) is 4.41. The first-order valence-corrected chi connectivity index (χ1v) is 9.96. The molecule has 1 N–H and O–H groups in total. The molecule has 3 heterocycles. The number of morpholine rings is 1. The molecule has 0 amide bonds. The fourth-order valence-corrected chi connectivity index (χ4v) is 4.41. The van der Waals surface area contributed by atoms with Crippen molar-refractivity contribution >= 4 is 0 Å². The van der Waals surface area contributed by atoms with E-state index >= 15 is 0 Å². The van der Waals surface area contributed by atoms with E-state index in [1.807, 2.05) is 23.1 Å². The molecule has 0 radical (unpaired) electrons. The van der Waals surface area contributed by atoms with Crippen LogP contribution in [-0.2, 0) is 11.3 Å². The topological polar surface area (TPSA) is 53.8 Å². The zero-order chi connectivity index (χ0) is 18.6. The molecule has 0 spiro atoms. The third kappa shape index (κ3) is 4.41. The van der Waals surface area contributed by atoms with Gasteiger partial charge in [-0.05, 0) is 36.5 Å². The molecule has 2 aliphatic heterocycles. The van der Waals surface area contributed by atoms with Crippen molar-refractivity contribution in [3.05, 3.63) is 47.8 Å². The fraction of sp³-hybridized carbons (Fsp3) is 0.571. The van der Waals surface area contributed by atoms with E-state index in [1.165, 1.54) is 11.1 Å². The van der Waals surface area contributed by atoms with E-state index < -0.39 is 0 Å². The minimum Gasteiger partial charge on any atom is -0.396 e. The standard InChI is InChI=1S/C21H30N4O2/c1-17-3-4-21(25-6-2-5-22-25)18(11-17)12-24-14-19(20(15-24)16-26)13-23-7-9-27-10-8-23/h2-6,11,19-20,26H,7-10,12-16H2,1H3/t19-,20-/m1/s1. The zero-order valence-corrected chi connectivity index (χ0v) is 16.1. The summed E-state index contributed by atoms with van der Waals surface area (Å²) in [6.07, 6.45) is 3.82. The maximum atomic E-state index is 9.91. The van der Waals surface area contributed by atoms with Gasteiger partial charge in [-0.25, -0.2) is 4.68 Å². The highest BCUT2D eigenvalue weighted by Crippen LogP contribution is 2.27. The van der Waals surface area contributed by atoms with E-state index in [-0.39, 0.29) is 6.61 Å². The Morgan fingerprint density at radius 1 is 1.15 bits per heavy atom. The third-order valence-corrected chi connectivity index (χ3v) is 5.86. The Bertz CT molecular complexity index is 728. The van der Waals surface area contributed by atoms with Gasteiger partial charge in [0.1, 0.15) is 0 Å². The first-order chi connectivity index (χ1) is 13.2. The molecule has 27 heavy (non-hydrogen) atoms. The predicted molar refractivity (Wildman–Crippen MR) is 105 cm³/mol. The van der Waals surface area contributed by atoms with Gasteiger partial charge in [-0.2, -0.15) is 5.10 Å². The summed E-state index contributed by atoms with van der Waals surface area (Å²) in [7, 11) is 0. The van der Waals surface area contributed by atoms with Crippen LogP contribution < -0.4 is 0 Å². The van der Waals surface area contributed by atoms with Gasteiger partial charge >= 0.3 is 0 Å². The Morgan fingerprint density at radius 3 is 2.70 bits per heavy atom. The van der Waals surface area contributed by atoms with Crippen LogP contribution in [0.3, 0.4) is 0 Å². The Balaban J connectivity index is 1.46. The summed E-state index contributed by atoms with van der Waals surface area (Å²) in [5.74, 6) is 0.872. The van der Waals surface area contributed by atoms with Crippen LogP contribution in [0.15, 0.2) is 36.7 Å². The summed E-state index contributed by atoms with van der Waals surface area (Å²) < 4.78 is 7.41. The molecule has 0 unspecified atom stereocenters. The van der Waals surface area contributed by atoms with Crippen molar-refractivity contribution in [2.75, 3.05) is 52.5 Å². The van der Waals surface area contributed by atoms with Crippen LogP contribution in [0.25, 0.3) is 5.69 Å². The van der Waals surface area contributed by atoms with E-state index in [9.17, 15) is 5.11 Å². The number of aryl methyl sites for hydroxylation is 1. The summed E-state index contributed by atoms with van der Waals surface area (Å²) in [6.45, 7) is 10.0. The molecule has 2 fully saturated rings. The monoisotopic (exact) mass is 370 g/mol. The summed E-state index contributed by atoms with van der Waals surface area (Å²) in [6, 6.07) is 8.52. The molecule has 2 aromatic rings. The van der Waals surface area contributed by atoms with Gasteiger partial charge in [0, 0.05) is 58.3 Å². The van der Waals surface area contributed by atoms with Gasteiger partial charge in [0.05, 0.1) is 18.9 Å². The van der Waals surface area contributed by atoms with Gasteiger partial charge in [-0.3, -0.25) is 9.80 Å². The second kappa shape index (κ2) is 8.52. The summed E-state index contributed by atoms with van der Waals surface area (Å²) in [5.41, 5.74) is 3.70. The molecule has 0 saturated carbocycles. The molecule has 0 bridgehead atoms. The molecular weight excluding hydrogens is 340 g/mol. The molecule has 146 valence electrons. The van der Waals surface area contributed by atoms with Crippen LogP contribution in [0.4, 0.5) is 0 Å². The maximum absolute atomic E-state index is 9.91. The zero-order valence-electron chi connectivity index (χ0n) is 16.1. The molecule has 1 aromatic carbocycles. The molecule has 2 atom stereocenters. The molecule has 2 saturated heterocycles. The van der Waals surface area contributed by atoms with Gasteiger partial charge in [0.2, 0.25) is 0 Å². The van der Waals surface area contributed by atoms with Crippen LogP contribution in [0.2, 0.25) is 0 Å². The van der Waals surface area contributed by atoms with Crippen LogP contribution in [0.5, 0.6) is 0 Å². The average Bonchev–Trinajstić information content (AvgIpc) is 3.33. The maximum Gasteiger partial charge on any atom is 0.0690 e. The lowest BCUT2D eigenvalue weighted by Gasteiger charge is -2.30. The largest absolute Gasteiger partial charge is 0.396 e. The van der Waals surface area contributed by atoms with E-state index in [0.717, 1.165) is 58.2 Å². The van der Waals surface area contributed by atoms with Crippen LogP contribution >= 0.6 is 0 Å². The number of aromatic nitrogens is 2. The lowest BCUT2D eigenvalue weighted by atomic mass is 9.96. The number of ether oxygens (including phenoxy) is 1. The van der Waals surface area contributed by atoms with Crippen molar-refractivity contribution in [2.45, 2.75) is 13.5 Å². The van der Waals surface area contributed by atoms with Gasteiger partial charge in [-0.1, -0.05) is 17.7 Å². The lowest BCUT2D eigenvalue weighted by molar-refractivity contribution is 0.0264. The van der Waals surface area contributed by atoms with E-state index in [1.54, 1.807) is 0 Å². The van der Waals surface area contributed by atoms with Crippen LogP contribution in [0.1, 0.15) is 11.1 Å². The molecule has 2 aliphatic rings. The van der Waals surface area contributed by atoms with E-state index in [2.05, 4.69) is 40.0 Å². The normalized spacial score (nSPS) is 24.5. The summed E-state index contributed by atoms with van der Waals surface area (Å²) in [5, 5.41) is 14.3. The quantitative estimate of drug-likeness (QED) is 0.836. The number of rotatable bonds is 6. The van der Waals surface area contributed by atoms with E-state index in [0.29, 0.717) is 11.8 Å². The van der Waals surface area contributed by atoms with Crippen LogP contribution in [0, 0.1) is 18.8 Å². The number of nitrogens with zero attached hydrogens (tertiary/aromatic N) is 4. The minimum absolute atomic E-state index is 0.269. The van der Waals surface area contributed by atoms with Crippen molar-refractivity contribution in [2.24, 2.45) is 11.8 Å². The number of aliphatic hydroxyl groups excluding tert-OH is 1. The Labute approximate surface area is 161 Å². The lowest BCUT2D eigenvalue weighted by Crippen LogP contribution is -2.41. The second-order valence-electron chi connectivity index (χ2n) is 7.89. The average molecular weight is 370 g/mol. The third-order valence-electron chi connectivity index (χ3n) is 5.86. The summed E-state index contributed by atoms with van der Waals surface area (Å²) >= 11 is 0. The van der Waals surface area contributed by atoms with Gasteiger partial charge in [0.15, 0.2) is 0 Å². The number of hydrogen-bond acceptors (Lipinski definition) is 5. The van der Waals surface area contributed by atoms with Crippen molar-refractivity contribution in [3.63, 3.8) is 0 Å². The van der Waals surface area contributed by atoms with Crippen molar-refractivity contribution in [1.82, 2.24) is 19.6 Å². The first-order valence-electron chi connectivity index (χ1n) is 9.96. The summed E-state index contributed by atoms with van der Waals surface area (Å²) in [4.78, 5) is 4.98. The Morgan fingerprint density at radius 2 is 1.96 bits per heavy atom. The predicted octanol–water partition coefficient (Wildman–Crippen LogP) is 1.55.